The third-order valence-corrected chi connectivity index (χ3v) is 7.07. The number of carbonyl (C=O) groups excluding carboxylic acids is 1. The molecule has 0 amide bonds. The highest BCUT2D eigenvalue weighted by atomic mass is 16.6. The molecule has 0 saturated carbocycles. The SMILES string of the molecule is CCCCCCOCCOCCOCCOCCOCCOCCOCCOCCOCCOCCOCCOC(=O)C(CC)CCCC. The Morgan fingerprint density at radius 1 is 0.347 bits per heavy atom. The second-order valence-electron chi connectivity index (χ2n) is 11.2. The van der Waals surface area contributed by atoms with Crippen LogP contribution >= 0.6 is 0 Å². The minimum atomic E-state index is -0.119. The van der Waals surface area contributed by atoms with E-state index in [0.717, 1.165) is 38.7 Å². The fraction of sp³-hybridized carbons (Fsp3) is 0.972. The Balaban J connectivity index is 3.13. The fourth-order valence-corrected chi connectivity index (χ4v) is 4.19. The van der Waals surface area contributed by atoms with E-state index in [2.05, 4.69) is 13.8 Å². The average molecular weight is 713 g/mol. The number of rotatable bonds is 43. The molecule has 0 aliphatic carbocycles. The van der Waals surface area contributed by atoms with Gasteiger partial charge in [0.25, 0.3) is 0 Å². The van der Waals surface area contributed by atoms with Crippen LogP contribution < -0.4 is 0 Å². The van der Waals surface area contributed by atoms with Gasteiger partial charge in [0.1, 0.15) is 6.61 Å². The summed E-state index contributed by atoms with van der Waals surface area (Å²) in [5.74, 6) is -0.121. The van der Waals surface area contributed by atoms with Crippen molar-refractivity contribution in [1.29, 1.82) is 0 Å². The van der Waals surface area contributed by atoms with Gasteiger partial charge in [-0.1, -0.05) is 52.9 Å². The first-order valence-corrected chi connectivity index (χ1v) is 18.8. The van der Waals surface area contributed by atoms with Crippen molar-refractivity contribution in [1.82, 2.24) is 0 Å². The Morgan fingerprint density at radius 2 is 0.633 bits per heavy atom. The van der Waals surface area contributed by atoms with Crippen molar-refractivity contribution in [3.63, 3.8) is 0 Å². The number of carbonyl (C=O) groups is 1. The van der Waals surface area contributed by atoms with Gasteiger partial charge in [-0.2, -0.15) is 0 Å². The molecule has 0 heterocycles. The molecule has 0 saturated heterocycles. The Bertz CT molecular complexity index is 630. The third kappa shape index (κ3) is 39.7. The van der Waals surface area contributed by atoms with E-state index in [9.17, 15) is 4.79 Å². The highest BCUT2D eigenvalue weighted by molar-refractivity contribution is 5.72. The van der Waals surface area contributed by atoms with Gasteiger partial charge in [0.05, 0.1) is 145 Å². The van der Waals surface area contributed by atoms with Crippen LogP contribution in [0.3, 0.4) is 0 Å². The van der Waals surface area contributed by atoms with Gasteiger partial charge < -0.3 is 56.8 Å². The molecule has 294 valence electrons. The molecule has 0 aromatic heterocycles. The number of unbranched alkanes of at least 4 members (excludes halogenated alkanes) is 4. The molecule has 1 unspecified atom stereocenters. The minimum absolute atomic E-state index is 0.00260. The molecule has 13 heteroatoms. The molecule has 0 rings (SSSR count). The van der Waals surface area contributed by atoms with Gasteiger partial charge >= 0.3 is 5.97 Å². The average Bonchev–Trinajstić information content (AvgIpc) is 3.11. The molecule has 13 nitrogen and oxygen atoms in total. The molecule has 0 aromatic carbocycles. The zero-order valence-electron chi connectivity index (χ0n) is 31.3. The molecule has 0 bridgehead atoms. The maximum atomic E-state index is 12.0. The number of hydrogen-bond donors (Lipinski definition) is 0. The van der Waals surface area contributed by atoms with E-state index in [-0.39, 0.29) is 18.5 Å². The van der Waals surface area contributed by atoms with E-state index in [1.54, 1.807) is 0 Å². The van der Waals surface area contributed by atoms with Gasteiger partial charge in [-0.3, -0.25) is 4.79 Å². The Hall–Kier alpha value is -0.970. The van der Waals surface area contributed by atoms with Gasteiger partial charge in [-0.15, -0.1) is 0 Å². The molecular weight excluding hydrogens is 640 g/mol. The van der Waals surface area contributed by atoms with Gasteiger partial charge in [0, 0.05) is 6.61 Å². The van der Waals surface area contributed by atoms with Crippen LogP contribution in [0.1, 0.15) is 72.1 Å². The van der Waals surface area contributed by atoms with Crippen LogP contribution in [0.25, 0.3) is 0 Å². The number of esters is 1. The number of hydrogen-bond acceptors (Lipinski definition) is 13. The van der Waals surface area contributed by atoms with Crippen LogP contribution in [0.2, 0.25) is 0 Å². The van der Waals surface area contributed by atoms with Crippen LogP contribution in [-0.2, 0) is 61.6 Å². The summed E-state index contributed by atoms with van der Waals surface area (Å²) in [4.78, 5) is 12.0. The predicted octanol–water partition coefficient (Wildman–Crippen LogP) is 4.51. The van der Waals surface area contributed by atoms with E-state index >= 15 is 0 Å². The van der Waals surface area contributed by atoms with Gasteiger partial charge in [-0.05, 0) is 19.3 Å². The topological polar surface area (TPSA) is 128 Å². The zero-order chi connectivity index (χ0) is 35.6. The van der Waals surface area contributed by atoms with Crippen molar-refractivity contribution in [3.8, 4) is 0 Å². The van der Waals surface area contributed by atoms with Crippen LogP contribution in [0.15, 0.2) is 0 Å². The second kappa shape index (κ2) is 43.2. The summed E-state index contributed by atoms with van der Waals surface area (Å²) in [5.41, 5.74) is 0. The lowest BCUT2D eigenvalue weighted by molar-refractivity contribution is -0.150. The van der Waals surface area contributed by atoms with Crippen molar-refractivity contribution in [2.75, 3.05) is 152 Å². The van der Waals surface area contributed by atoms with Crippen LogP contribution in [0, 0.1) is 5.92 Å². The van der Waals surface area contributed by atoms with Gasteiger partial charge in [0.2, 0.25) is 0 Å². The van der Waals surface area contributed by atoms with Crippen molar-refractivity contribution >= 4 is 5.97 Å². The van der Waals surface area contributed by atoms with E-state index in [0.29, 0.717) is 139 Å². The molecule has 0 aliphatic heterocycles. The van der Waals surface area contributed by atoms with Crippen molar-refractivity contribution in [2.45, 2.75) is 72.1 Å². The minimum Gasteiger partial charge on any atom is -0.463 e. The molecule has 0 radical (unpaired) electrons. The standard InChI is InChI=1S/C36H72O13/c1-4-7-9-10-12-38-13-14-39-15-16-40-17-18-41-19-20-42-21-22-43-23-24-44-25-26-45-27-28-46-29-30-47-31-32-48-33-34-49-36(37)35(6-3)11-8-5-2/h35H,4-34H2,1-3H3. The van der Waals surface area contributed by atoms with E-state index in [1.807, 2.05) is 6.92 Å². The Morgan fingerprint density at radius 3 is 0.918 bits per heavy atom. The summed E-state index contributed by atoms with van der Waals surface area (Å²) < 4.78 is 65.7. The van der Waals surface area contributed by atoms with Crippen molar-refractivity contribution < 1.29 is 61.6 Å². The molecular formula is C36H72O13. The molecule has 0 aromatic rings. The van der Waals surface area contributed by atoms with Gasteiger partial charge in [-0.25, -0.2) is 0 Å². The first kappa shape index (κ1) is 48.0. The lowest BCUT2D eigenvalue weighted by Crippen LogP contribution is -2.20. The maximum Gasteiger partial charge on any atom is 0.308 e. The molecule has 0 fully saturated rings. The Labute approximate surface area is 297 Å². The smallest absolute Gasteiger partial charge is 0.308 e. The van der Waals surface area contributed by atoms with Gasteiger partial charge in [0.15, 0.2) is 0 Å². The van der Waals surface area contributed by atoms with Crippen molar-refractivity contribution in [2.24, 2.45) is 5.92 Å². The summed E-state index contributed by atoms with van der Waals surface area (Å²) >= 11 is 0. The lowest BCUT2D eigenvalue weighted by atomic mass is 10.00. The summed E-state index contributed by atoms with van der Waals surface area (Å²) in [6.45, 7) is 18.2. The monoisotopic (exact) mass is 712 g/mol. The van der Waals surface area contributed by atoms with E-state index in [1.165, 1.54) is 19.3 Å². The largest absolute Gasteiger partial charge is 0.463 e. The normalized spacial score (nSPS) is 12.1. The zero-order valence-corrected chi connectivity index (χ0v) is 31.3. The molecule has 0 aliphatic rings. The number of ether oxygens (including phenoxy) is 12. The quantitative estimate of drug-likeness (QED) is 0.0651. The molecule has 0 spiro atoms. The Kier molecular flexibility index (Phi) is 42.3. The fourth-order valence-electron chi connectivity index (χ4n) is 4.19. The van der Waals surface area contributed by atoms with Crippen LogP contribution in [-0.4, -0.2) is 158 Å². The third-order valence-electron chi connectivity index (χ3n) is 7.07. The van der Waals surface area contributed by atoms with E-state index in [4.69, 9.17) is 56.8 Å². The summed E-state index contributed by atoms with van der Waals surface area (Å²) in [6, 6.07) is 0. The lowest BCUT2D eigenvalue weighted by Gasteiger charge is -2.13. The highest BCUT2D eigenvalue weighted by Gasteiger charge is 2.16. The highest BCUT2D eigenvalue weighted by Crippen LogP contribution is 2.14. The van der Waals surface area contributed by atoms with Crippen LogP contribution in [0.5, 0.6) is 0 Å². The first-order chi connectivity index (χ1) is 24.3. The van der Waals surface area contributed by atoms with Crippen LogP contribution in [0.4, 0.5) is 0 Å². The summed E-state index contributed by atoms with van der Waals surface area (Å²) in [6.07, 6.45) is 8.72. The second-order valence-corrected chi connectivity index (χ2v) is 11.2. The molecule has 49 heavy (non-hydrogen) atoms. The molecule has 1 atom stereocenters. The van der Waals surface area contributed by atoms with E-state index < -0.39 is 0 Å². The predicted molar refractivity (Wildman–Crippen MR) is 187 cm³/mol. The maximum absolute atomic E-state index is 12.0. The van der Waals surface area contributed by atoms with Crippen molar-refractivity contribution in [3.05, 3.63) is 0 Å². The summed E-state index contributed by atoms with van der Waals surface area (Å²) in [7, 11) is 0. The molecule has 0 N–H and O–H groups in total. The summed E-state index contributed by atoms with van der Waals surface area (Å²) in [5, 5.41) is 0. The first-order valence-electron chi connectivity index (χ1n) is 18.8.